The predicted octanol–water partition coefficient (Wildman–Crippen LogP) is 3.32. The zero-order valence-electron chi connectivity index (χ0n) is 14.9. The summed E-state index contributed by atoms with van der Waals surface area (Å²) in [4.78, 5) is 14.1. The molecule has 0 bridgehead atoms. The van der Waals surface area contributed by atoms with Crippen LogP contribution in [0.4, 0.5) is 4.39 Å². The van der Waals surface area contributed by atoms with Crippen molar-refractivity contribution in [2.45, 2.75) is 18.2 Å². The minimum Gasteiger partial charge on any atom is -0.337 e. The average Bonchev–Trinajstić information content (AvgIpc) is 2.88. The number of hydrogen-bond acceptors (Lipinski definition) is 3. The lowest BCUT2D eigenvalue weighted by atomic mass is 10.2. The Morgan fingerprint density at radius 2 is 1.81 bits per heavy atom. The van der Waals surface area contributed by atoms with Crippen LogP contribution in [0.5, 0.6) is 0 Å². The van der Waals surface area contributed by atoms with Gasteiger partial charge in [0.05, 0.1) is 10.6 Å². The zero-order valence-corrected chi connectivity index (χ0v) is 16.4. The highest BCUT2D eigenvalue weighted by atomic mass is 35.5. The second kappa shape index (κ2) is 7.96. The third kappa shape index (κ3) is 4.15. The van der Waals surface area contributed by atoms with E-state index in [1.165, 1.54) is 33.5 Å². The number of sulfonamides is 1. The molecule has 1 fully saturated rings. The summed E-state index contributed by atoms with van der Waals surface area (Å²) in [5, 5.41) is 0.179. The molecule has 0 spiro atoms. The summed E-state index contributed by atoms with van der Waals surface area (Å²) in [6, 6.07) is 10.6. The van der Waals surface area contributed by atoms with Crippen LogP contribution in [0, 0.1) is 12.7 Å². The van der Waals surface area contributed by atoms with Crippen molar-refractivity contribution < 1.29 is 17.6 Å². The van der Waals surface area contributed by atoms with Gasteiger partial charge in [0, 0.05) is 26.2 Å². The Labute approximate surface area is 163 Å². The van der Waals surface area contributed by atoms with E-state index < -0.39 is 21.7 Å². The van der Waals surface area contributed by atoms with Gasteiger partial charge in [-0.2, -0.15) is 4.31 Å². The highest BCUT2D eigenvalue weighted by Crippen LogP contribution is 2.26. The molecule has 1 aliphatic rings. The highest BCUT2D eigenvalue weighted by Gasteiger charge is 2.30. The fourth-order valence-corrected chi connectivity index (χ4v) is 5.14. The molecule has 1 amide bonds. The monoisotopic (exact) mass is 410 g/mol. The third-order valence-corrected chi connectivity index (χ3v) is 6.93. The minimum absolute atomic E-state index is 0.00427. The first-order valence-corrected chi connectivity index (χ1v) is 10.4. The van der Waals surface area contributed by atoms with E-state index in [2.05, 4.69) is 0 Å². The van der Waals surface area contributed by atoms with Crippen LogP contribution in [0.3, 0.4) is 0 Å². The fourth-order valence-electron chi connectivity index (χ4n) is 3.10. The third-order valence-electron chi connectivity index (χ3n) is 4.55. The fraction of sp³-hybridized carbons (Fsp3) is 0.316. The molecule has 0 N–H and O–H groups in total. The molecule has 0 aliphatic carbocycles. The van der Waals surface area contributed by atoms with Crippen molar-refractivity contribution >= 4 is 27.5 Å². The van der Waals surface area contributed by atoms with Crippen LogP contribution in [0.1, 0.15) is 22.3 Å². The van der Waals surface area contributed by atoms with E-state index in [-0.39, 0.29) is 35.1 Å². The van der Waals surface area contributed by atoms with Crippen LogP contribution in [0.2, 0.25) is 5.02 Å². The number of amides is 1. The van der Waals surface area contributed by atoms with Crippen molar-refractivity contribution in [2.24, 2.45) is 0 Å². The van der Waals surface area contributed by atoms with Crippen molar-refractivity contribution in [3.05, 3.63) is 64.4 Å². The molecule has 0 aromatic heterocycles. The van der Waals surface area contributed by atoms with Gasteiger partial charge in [0.15, 0.2) is 0 Å². The van der Waals surface area contributed by atoms with Gasteiger partial charge in [-0.15, -0.1) is 0 Å². The molecule has 1 saturated heterocycles. The Balaban J connectivity index is 1.78. The van der Waals surface area contributed by atoms with E-state index in [0.717, 1.165) is 5.56 Å². The van der Waals surface area contributed by atoms with Gasteiger partial charge in [0.25, 0.3) is 5.91 Å². The largest absolute Gasteiger partial charge is 0.337 e. The molecule has 0 saturated carbocycles. The van der Waals surface area contributed by atoms with E-state index in [1.54, 1.807) is 18.2 Å². The summed E-state index contributed by atoms with van der Waals surface area (Å²) in [6.45, 7) is 2.79. The Hall–Kier alpha value is -1.96. The van der Waals surface area contributed by atoms with Crippen molar-refractivity contribution in [1.29, 1.82) is 0 Å². The number of benzene rings is 2. The number of aryl methyl sites for hydroxylation is 1. The van der Waals surface area contributed by atoms with Crippen molar-refractivity contribution in [3.63, 3.8) is 0 Å². The maximum atomic E-state index is 13.9. The van der Waals surface area contributed by atoms with Gasteiger partial charge >= 0.3 is 0 Å². The van der Waals surface area contributed by atoms with Crippen molar-refractivity contribution in [1.82, 2.24) is 9.21 Å². The molecule has 2 aromatic rings. The summed E-state index contributed by atoms with van der Waals surface area (Å²) in [6.07, 6.45) is 0.461. The predicted molar refractivity (Wildman–Crippen MR) is 102 cm³/mol. The van der Waals surface area contributed by atoms with Gasteiger partial charge in [-0.3, -0.25) is 4.79 Å². The summed E-state index contributed by atoms with van der Waals surface area (Å²) >= 11 is 6.14. The number of hydrogen-bond donors (Lipinski definition) is 0. The normalized spacial score (nSPS) is 16.2. The molecule has 2 aromatic carbocycles. The zero-order chi connectivity index (χ0) is 19.6. The Morgan fingerprint density at radius 3 is 2.52 bits per heavy atom. The lowest BCUT2D eigenvalue weighted by Crippen LogP contribution is -2.37. The topological polar surface area (TPSA) is 57.7 Å². The van der Waals surface area contributed by atoms with Gasteiger partial charge in [-0.05, 0) is 43.2 Å². The van der Waals surface area contributed by atoms with Gasteiger partial charge in [-0.1, -0.05) is 29.8 Å². The Kier molecular flexibility index (Phi) is 5.83. The number of carbonyl (C=O) groups is 1. The summed E-state index contributed by atoms with van der Waals surface area (Å²) in [7, 11) is -3.77. The van der Waals surface area contributed by atoms with Crippen LogP contribution < -0.4 is 0 Å². The Bertz CT molecular complexity index is 965. The number of halogens is 2. The summed E-state index contributed by atoms with van der Waals surface area (Å²) in [5.41, 5.74) is 0.867. The van der Waals surface area contributed by atoms with E-state index in [0.29, 0.717) is 13.0 Å². The van der Waals surface area contributed by atoms with Crippen LogP contribution in [0.15, 0.2) is 47.4 Å². The molecule has 0 unspecified atom stereocenters. The molecule has 27 heavy (non-hydrogen) atoms. The first-order chi connectivity index (χ1) is 12.8. The second-order valence-electron chi connectivity index (χ2n) is 6.46. The molecule has 0 radical (unpaired) electrons. The maximum Gasteiger partial charge on any atom is 0.256 e. The van der Waals surface area contributed by atoms with Crippen LogP contribution in [0.25, 0.3) is 0 Å². The van der Waals surface area contributed by atoms with Crippen molar-refractivity contribution in [2.75, 3.05) is 26.2 Å². The number of carbonyl (C=O) groups excluding carboxylic acids is 1. The molecule has 1 heterocycles. The summed E-state index contributed by atoms with van der Waals surface area (Å²) < 4.78 is 41.1. The van der Waals surface area contributed by atoms with Crippen LogP contribution in [-0.2, 0) is 10.0 Å². The first-order valence-electron chi connectivity index (χ1n) is 8.61. The maximum absolute atomic E-state index is 13.9. The highest BCUT2D eigenvalue weighted by molar-refractivity contribution is 7.89. The smallest absolute Gasteiger partial charge is 0.256 e. The minimum atomic E-state index is -3.77. The van der Waals surface area contributed by atoms with Crippen molar-refractivity contribution in [3.8, 4) is 0 Å². The summed E-state index contributed by atoms with van der Waals surface area (Å²) in [5.74, 6) is -1.01. The molecule has 0 atom stereocenters. The molecule has 3 rings (SSSR count). The number of rotatable bonds is 3. The van der Waals surface area contributed by atoms with Crippen LogP contribution >= 0.6 is 11.6 Å². The molecule has 8 heteroatoms. The lowest BCUT2D eigenvalue weighted by molar-refractivity contribution is 0.0759. The van der Waals surface area contributed by atoms with E-state index in [1.807, 2.05) is 6.92 Å². The molecular formula is C19H20ClFN2O3S. The Morgan fingerprint density at radius 1 is 1.07 bits per heavy atom. The average molecular weight is 411 g/mol. The molecular weight excluding hydrogens is 391 g/mol. The second-order valence-corrected chi connectivity index (χ2v) is 8.78. The van der Waals surface area contributed by atoms with Gasteiger partial charge < -0.3 is 4.90 Å². The first kappa shape index (κ1) is 19.8. The van der Waals surface area contributed by atoms with Gasteiger partial charge in [0.1, 0.15) is 10.7 Å². The number of nitrogens with zero attached hydrogens (tertiary/aromatic N) is 2. The molecule has 1 aliphatic heterocycles. The van der Waals surface area contributed by atoms with Crippen LogP contribution in [-0.4, -0.2) is 49.7 Å². The standard InChI is InChI=1S/C19H20ClFN2O3S/c1-14-7-8-18(16(20)13-14)27(25,26)23-10-4-9-22(11-12-23)19(24)15-5-2-3-6-17(15)21/h2-3,5-8,13H,4,9-12H2,1H3. The molecule has 5 nitrogen and oxygen atoms in total. The quantitative estimate of drug-likeness (QED) is 0.779. The van der Waals surface area contributed by atoms with E-state index >= 15 is 0 Å². The van der Waals surface area contributed by atoms with E-state index in [4.69, 9.17) is 11.6 Å². The van der Waals surface area contributed by atoms with E-state index in [9.17, 15) is 17.6 Å². The SMILES string of the molecule is Cc1ccc(S(=O)(=O)N2CCCN(C(=O)c3ccccc3F)CC2)c(Cl)c1. The lowest BCUT2D eigenvalue weighted by Gasteiger charge is -2.22. The van der Waals surface area contributed by atoms with Gasteiger partial charge in [-0.25, -0.2) is 12.8 Å². The van der Waals surface area contributed by atoms with Gasteiger partial charge in [0.2, 0.25) is 10.0 Å². The molecule has 144 valence electrons.